The Morgan fingerprint density at radius 1 is 0.935 bits per heavy atom. The average Bonchev–Trinajstić information content (AvgIpc) is 2.77. The van der Waals surface area contributed by atoms with E-state index in [1.165, 1.54) is 0 Å². The predicted molar refractivity (Wildman–Crippen MR) is 116 cm³/mol. The molecule has 0 saturated carbocycles. The van der Waals surface area contributed by atoms with E-state index in [9.17, 15) is 25.5 Å². The highest BCUT2D eigenvalue weighted by atomic mass is 16.7. The standard InChI is InChI=1S/C24H28O7/c1-3-5-14-7-10-19(30-24-23(29)22(28)21(27)20(13-25)31-24)17(11-14)15-8-9-18(26)16(12-15)6-4-2/h3-4,7-12,20-29H,1-2,5-6,13H2/t20-,21-,22+,23-,24-/m1/s1. The number of hydrogen-bond donors (Lipinski definition) is 5. The first-order chi connectivity index (χ1) is 14.9. The quantitative estimate of drug-likeness (QED) is 0.406. The van der Waals surface area contributed by atoms with Crippen molar-refractivity contribution in [3.05, 3.63) is 72.8 Å². The third kappa shape index (κ3) is 4.98. The molecule has 5 N–H and O–H groups in total. The Hall–Kier alpha value is -2.68. The van der Waals surface area contributed by atoms with E-state index in [-0.39, 0.29) is 5.75 Å². The van der Waals surface area contributed by atoms with Gasteiger partial charge in [-0.3, -0.25) is 0 Å². The Bertz CT molecular complexity index is 924. The Labute approximate surface area is 181 Å². The maximum atomic E-state index is 10.3. The smallest absolute Gasteiger partial charge is 0.229 e. The van der Waals surface area contributed by atoms with Gasteiger partial charge in [-0.15, -0.1) is 13.2 Å². The van der Waals surface area contributed by atoms with Crippen LogP contribution in [0.5, 0.6) is 11.5 Å². The van der Waals surface area contributed by atoms with Crippen molar-refractivity contribution in [3.8, 4) is 22.6 Å². The zero-order valence-electron chi connectivity index (χ0n) is 17.1. The van der Waals surface area contributed by atoms with E-state index in [0.29, 0.717) is 29.7 Å². The maximum absolute atomic E-state index is 10.3. The fourth-order valence-corrected chi connectivity index (χ4v) is 3.56. The van der Waals surface area contributed by atoms with Gasteiger partial charge in [-0.1, -0.05) is 24.3 Å². The van der Waals surface area contributed by atoms with Gasteiger partial charge in [0.05, 0.1) is 6.61 Å². The van der Waals surface area contributed by atoms with E-state index in [0.717, 1.165) is 11.1 Å². The van der Waals surface area contributed by atoms with Gasteiger partial charge in [0.1, 0.15) is 35.9 Å². The molecule has 1 aliphatic heterocycles. The van der Waals surface area contributed by atoms with E-state index in [1.807, 2.05) is 18.2 Å². The highest BCUT2D eigenvalue weighted by Crippen LogP contribution is 2.36. The van der Waals surface area contributed by atoms with Crippen molar-refractivity contribution >= 4 is 0 Å². The third-order valence-electron chi connectivity index (χ3n) is 5.27. The number of rotatable bonds is 8. The first kappa shape index (κ1) is 23.0. The second-order valence-electron chi connectivity index (χ2n) is 7.47. The number of aromatic hydroxyl groups is 1. The topological polar surface area (TPSA) is 120 Å². The van der Waals surface area contributed by atoms with Crippen LogP contribution in [0, 0.1) is 0 Å². The van der Waals surface area contributed by atoms with E-state index < -0.39 is 37.3 Å². The molecule has 0 bridgehead atoms. The zero-order chi connectivity index (χ0) is 22.5. The predicted octanol–water partition coefficient (Wildman–Crippen LogP) is 1.69. The molecule has 0 radical (unpaired) electrons. The molecule has 3 rings (SSSR count). The van der Waals surface area contributed by atoms with Crippen LogP contribution in [-0.4, -0.2) is 62.8 Å². The molecule has 0 amide bonds. The monoisotopic (exact) mass is 428 g/mol. The first-order valence-corrected chi connectivity index (χ1v) is 10.0. The molecule has 31 heavy (non-hydrogen) atoms. The minimum atomic E-state index is -1.53. The molecule has 1 heterocycles. The molecule has 7 nitrogen and oxygen atoms in total. The van der Waals surface area contributed by atoms with Crippen molar-refractivity contribution in [2.24, 2.45) is 0 Å². The summed E-state index contributed by atoms with van der Waals surface area (Å²) >= 11 is 0. The molecule has 0 unspecified atom stereocenters. The van der Waals surface area contributed by atoms with Crippen LogP contribution >= 0.6 is 0 Å². The highest BCUT2D eigenvalue weighted by molar-refractivity contribution is 5.73. The highest BCUT2D eigenvalue weighted by Gasteiger charge is 2.44. The lowest BCUT2D eigenvalue weighted by Gasteiger charge is -2.39. The summed E-state index contributed by atoms with van der Waals surface area (Å²) in [7, 11) is 0. The number of aliphatic hydroxyl groups excluding tert-OH is 4. The van der Waals surface area contributed by atoms with Gasteiger partial charge in [0.15, 0.2) is 0 Å². The summed E-state index contributed by atoms with van der Waals surface area (Å²) in [5, 5.41) is 49.9. The lowest BCUT2D eigenvalue weighted by molar-refractivity contribution is -0.277. The summed E-state index contributed by atoms with van der Waals surface area (Å²) in [5.41, 5.74) is 3.12. The van der Waals surface area contributed by atoms with Crippen molar-refractivity contribution in [2.75, 3.05) is 6.61 Å². The van der Waals surface area contributed by atoms with Crippen LogP contribution in [0.3, 0.4) is 0 Å². The van der Waals surface area contributed by atoms with Crippen LogP contribution in [0.2, 0.25) is 0 Å². The van der Waals surface area contributed by atoms with Crippen LogP contribution in [-0.2, 0) is 17.6 Å². The van der Waals surface area contributed by atoms with Gasteiger partial charge in [0.25, 0.3) is 0 Å². The second kappa shape index (κ2) is 10.1. The molecule has 2 aromatic rings. The molecule has 5 atom stereocenters. The van der Waals surface area contributed by atoms with E-state index in [4.69, 9.17) is 9.47 Å². The number of phenolic OH excluding ortho intramolecular Hbond substituents is 1. The summed E-state index contributed by atoms with van der Waals surface area (Å²) < 4.78 is 11.4. The van der Waals surface area contributed by atoms with Gasteiger partial charge in [-0.05, 0) is 53.8 Å². The fraction of sp³-hybridized carbons (Fsp3) is 0.333. The summed E-state index contributed by atoms with van der Waals surface area (Å²) in [5.74, 6) is 0.523. The lowest BCUT2D eigenvalue weighted by Crippen LogP contribution is -2.60. The Morgan fingerprint density at radius 3 is 2.35 bits per heavy atom. The third-order valence-corrected chi connectivity index (χ3v) is 5.27. The molecule has 0 aromatic heterocycles. The SMILES string of the molecule is C=CCc1ccc(O[C@@H]2O[C@H](CO)[C@@H](O)[C@H](O)[C@H]2O)c(-c2ccc(O)c(CC=C)c2)c1. The number of phenols is 1. The maximum Gasteiger partial charge on any atom is 0.229 e. The van der Waals surface area contributed by atoms with Crippen molar-refractivity contribution in [1.82, 2.24) is 0 Å². The summed E-state index contributed by atoms with van der Waals surface area (Å²) in [4.78, 5) is 0. The van der Waals surface area contributed by atoms with Crippen molar-refractivity contribution in [2.45, 2.75) is 43.5 Å². The lowest BCUT2D eigenvalue weighted by atomic mass is 9.97. The fourth-order valence-electron chi connectivity index (χ4n) is 3.56. The number of ether oxygens (including phenoxy) is 2. The van der Waals surface area contributed by atoms with Gasteiger partial charge in [0, 0.05) is 5.56 Å². The molecular formula is C24H28O7. The van der Waals surface area contributed by atoms with Crippen molar-refractivity contribution in [3.63, 3.8) is 0 Å². The van der Waals surface area contributed by atoms with Gasteiger partial charge in [-0.25, -0.2) is 0 Å². The van der Waals surface area contributed by atoms with Gasteiger partial charge >= 0.3 is 0 Å². The van der Waals surface area contributed by atoms with Gasteiger partial charge in [0.2, 0.25) is 6.29 Å². The molecule has 0 spiro atoms. The molecule has 2 aromatic carbocycles. The zero-order valence-corrected chi connectivity index (χ0v) is 17.1. The summed E-state index contributed by atoms with van der Waals surface area (Å²) in [6.07, 6.45) is -2.31. The normalized spacial score (nSPS) is 25.7. The number of allylic oxidation sites excluding steroid dienone is 2. The molecule has 166 valence electrons. The molecule has 1 saturated heterocycles. The molecule has 1 fully saturated rings. The van der Waals surface area contributed by atoms with E-state index >= 15 is 0 Å². The minimum Gasteiger partial charge on any atom is -0.508 e. The molecule has 0 aliphatic carbocycles. The van der Waals surface area contributed by atoms with Gasteiger partial charge < -0.3 is 35.0 Å². The van der Waals surface area contributed by atoms with Crippen LogP contribution in [0.4, 0.5) is 0 Å². The van der Waals surface area contributed by atoms with Crippen LogP contribution in [0.15, 0.2) is 61.7 Å². The van der Waals surface area contributed by atoms with E-state index in [2.05, 4.69) is 13.2 Å². The minimum absolute atomic E-state index is 0.155. The number of benzene rings is 2. The van der Waals surface area contributed by atoms with Crippen LogP contribution in [0.25, 0.3) is 11.1 Å². The van der Waals surface area contributed by atoms with Gasteiger partial charge in [-0.2, -0.15) is 0 Å². The van der Waals surface area contributed by atoms with Crippen LogP contribution < -0.4 is 4.74 Å². The van der Waals surface area contributed by atoms with Crippen LogP contribution in [0.1, 0.15) is 11.1 Å². The summed E-state index contributed by atoms with van der Waals surface area (Å²) in [6.45, 7) is 6.93. The van der Waals surface area contributed by atoms with E-state index in [1.54, 1.807) is 30.4 Å². The second-order valence-corrected chi connectivity index (χ2v) is 7.47. The molecule has 7 heteroatoms. The Balaban J connectivity index is 2.00. The molecule has 1 aliphatic rings. The average molecular weight is 428 g/mol. The number of aliphatic hydroxyl groups is 4. The first-order valence-electron chi connectivity index (χ1n) is 10.0. The van der Waals surface area contributed by atoms with Crippen molar-refractivity contribution < 1.29 is 35.0 Å². The Morgan fingerprint density at radius 2 is 1.68 bits per heavy atom. The Kier molecular flexibility index (Phi) is 7.48. The summed E-state index contributed by atoms with van der Waals surface area (Å²) in [6, 6.07) is 10.6. The largest absolute Gasteiger partial charge is 0.508 e. The van der Waals surface area contributed by atoms with Crippen molar-refractivity contribution in [1.29, 1.82) is 0 Å². The molecular weight excluding hydrogens is 400 g/mol. The number of hydrogen-bond acceptors (Lipinski definition) is 7.